The monoisotopic (exact) mass is 438 g/mol. The van der Waals surface area contributed by atoms with Crippen molar-refractivity contribution in [2.45, 2.75) is 73.3 Å². The maximum atomic E-state index is 9.17. The number of nitrogens with zero attached hydrogens (tertiary/aromatic N) is 2. The Morgan fingerprint density at radius 3 is 2.42 bits per heavy atom. The van der Waals surface area contributed by atoms with Crippen molar-refractivity contribution in [3.8, 4) is 17.6 Å². The summed E-state index contributed by atoms with van der Waals surface area (Å²) < 4.78 is 14.3. The molecule has 0 saturated carbocycles. The first-order valence-corrected chi connectivity index (χ1v) is 12.2. The first-order valence-electron chi connectivity index (χ1n) is 11.4. The summed E-state index contributed by atoms with van der Waals surface area (Å²) >= 11 is 1.62. The van der Waals surface area contributed by atoms with Crippen LogP contribution in [-0.2, 0) is 13.0 Å². The molecule has 0 fully saturated rings. The number of hydrogen-bond donors (Lipinski definition) is 0. The number of thiophene rings is 1. The lowest BCUT2D eigenvalue weighted by Gasteiger charge is -2.16. The molecule has 0 radical (unpaired) electrons. The Hall–Kier alpha value is -2.45. The van der Waals surface area contributed by atoms with Gasteiger partial charge in [0.15, 0.2) is 11.5 Å². The average Bonchev–Trinajstić information content (AvgIpc) is 3.23. The van der Waals surface area contributed by atoms with Gasteiger partial charge >= 0.3 is 0 Å². The van der Waals surface area contributed by atoms with E-state index in [1.807, 2.05) is 13.0 Å². The van der Waals surface area contributed by atoms with Crippen LogP contribution in [0, 0.1) is 25.2 Å². The number of aromatic nitrogens is 1. The Morgan fingerprint density at radius 2 is 1.77 bits per heavy atom. The Kier molecular flexibility index (Phi) is 8.03. The zero-order valence-corrected chi connectivity index (χ0v) is 20.3. The van der Waals surface area contributed by atoms with Gasteiger partial charge in [-0.1, -0.05) is 33.1 Å². The van der Waals surface area contributed by atoms with Gasteiger partial charge in [-0.25, -0.2) is 0 Å². The number of fused-ring (bicyclic) bond motifs is 1. The van der Waals surface area contributed by atoms with Crippen molar-refractivity contribution in [2.24, 2.45) is 0 Å². The third-order valence-corrected chi connectivity index (χ3v) is 6.99. The molecule has 1 aliphatic heterocycles. The number of ether oxygens (including phenoxy) is 2. The lowest BCUT2D eigenvalue weighted by molar-refractivity contribution is 0.173. The van der Waals surface area contributed by atoms with Crippen LogP contribution in [0.25, 0.3) is 18.2 Å². The minimum absolute atomic E-state index is 0.540. The van der Waals surface area contributed by atoms with Gasteiger partial charge in [0.2, 0.25) is 0 Å². The Labute approximate surface area is 190 Å². The normalized spacial score (nSPS) is 13.7. The second kappa shape index (κ2) is 10.7. The number of nitriles is 1. The zero-order valence-electron chi connectivity index (χ0n) is 19.5. The summed E-state index contributed by atoms with van der Waals surface area (Å²) in [6.07, 6.45) is 12.4. The number of rotatable bonds is 9. The molecule has 3 rings (SSSR count). The molecule has 166 valence electrons. The average molecular weight is 439 g/mol. The summed E-state index contributed by atoms with van der Waals surface area (Å²) in [5, 5.41) is 9.17. The van der Waals surface area contributed by atoms with Gasteiger partial charge in [0.1, 0.15) is 13.2 Å². The van der Waals surface area contributed by atoms with Crippen molar-refractivity contribution in [2.75, 3.05) is 13.2 Å². The Bertz CT molecular complexity index is 1020. The van der Waals surface area contributed by atoms with E-state index in [0.29, 0.717) is 18.8 Å². The molecule has 3 heterocycles. The number of allylic oxidation sites excluding steroid dienone is 1. The van der Waals surface area contributed by atoms with E-state index in [0.717, 1.165) is 34.2 Å². The molecule has 0 spiro atoms. The quantitative estimate of drug-likeness (QED) is 0.308. The van der Waals surface area contributed by atoms with Crippen LogP contribution < -0.4 is 9.47 Å². The SMILES string of the molecule is CCCCCCn1c(C)c(CC)c(C)c1/C=C/c1sc(/C=C(/C)C#N)c2c1OCCO2. The van der Waals surface area contributed by atoms with Crippen molar-refractivity contribution in [3.05, 3.63) is 37.8 Å². The standard InChI is InChI=1S/C26H34N2O2S/c1-6-8-9-10-13-28-20(5)21(7-2)19(4)22(28)11-12-23-25-26(30-15-14-29-25)24(31-23)16-18(3)17-27/h11-12,16H,6-10,13-15H2,1-5H3/b12-11+,18-16-. The van der Waals surface area contributed by atoms with Crippen molar-refractivity contribution in [3.63, 3.8) is 0 Å². The van der Waals surface area contributed by atoms with Crippen LogP contribution >= 0.6 is 11.3 Å². The summed E-state index contributed by atoms with van der Waals surface area (Å²) in [5.74, 6) is 1.57. The largest absolute Gasteiger partial charge is 0.485 e. The Morgan fingerprint density at radius 1 is 1.06 bits per heavy atom. The van der Waals surface area contributed by atoms with Gasteiger partial charge in [-0.05, 0) is 63.0 Å². The molecule has 0 amide bonds. The highest BCUT2D eigenvalue weighted by Gasteiger charge is 2.23. The second-order valence-corrected chi connectivity index (χ2v) is 9.18. The van der Waals surface area contributed by atoms with Gasteiger partial charge in [-0.2, -0.15) is 5.26 Å². The first kappa shape index (κ1) is 23.2. The number of hydrogen-bond acceptors (Lipinski definition) is 4. The number of unbranched alkanes of at least 4 members (excludes halogenated alkanes) is 3. The molecule has 4 nitrogen and oxygen atoms in total. The van der Waals surface area contributed by atoms with Gasteiger partial charge < -0.3 is 14.0 Å². The summed E-state index contributed by atoms with van der Waals surface area (Å²) in [5.41, 5.74) is 6.16. The molecule has 2 aromatic heterocycles. The van der Waals surface area contributed by atoms with Gasteiger partial charge in [0, 0.05) is 23.5 Å². The van der Waals surface area contributed by atoms with Crippen LogP contribution in [0.4, 0.5) is 0 Å². The van der Waals surface area contributed by atoms with Crippen molar-refractivity contribution in [1.29, 1.82) is 5.26 Å². The van der Waals surface area contributed by atoms with Crippen LogP contribution in [0.2, 0.25) is 0 Å². The predicted octanol–water partition coefficient (Wildman–Crippen LogP) is 7.18. The van der Waals surface area contributed by atoms with E-state index >= 15 is 0 Å². The predicted molar refractivity (Wildman–Crippen MR) is 131 cm³/mol. The van der Waals surface area contributed by atoms with Crippen LogP contribution in [0.3, 0.4) is 0 Å². The highest BCUT2D eigenvalue weighted by molar-refractivity contribution is 7.14. The fourth-order valence-electron chi connectivity index (χ4n) is 4.28. The van der Waals surface area contributed by atoms with Crippen LogP contribution in [-0.4, -0.2) is 17.8 Å². The molecule has 31 heavy (non-hydrogen) atoms. The fourth-order valence-corrected chi connectivity index (χ4v) is 5.37. The lowest BCUT2D eigenvalue weighted by Crippen LogP contribution is -2.15. The molecular weight excluding hydrogens is 404 g/mol. The third kappa shape index (κ3) is 5.07. The molecule has 0 aromatic carbocycles. The summed E-state index contributed by atoms with van der Waals surface area (Å²) in [6, 6.07) is 2.20. The maximum Gasteiger partial charge on any atom is 0.180 e. The smallest absolute Gasteiger partial charge is 0.180 e. The van der Waals surface area contributed by atoms with E-state index in [4.69, 9.17) is 9.47 Å². The van der Waals surface area contributed by atoms with Gasteiger partial charge in [0.25, 0.3) is 0 Å². The van der Waals surface area contributed by atoms with Gasteiger partial charge in [-0.15, -0.1) is 11.3 Å². The summed E-state index contributed by atoms with van der Waals surface area (Å²) in [7, 11) is 0. The van der Waals surface area contributed by atoms with Crippen molar-refractivity contribution < 1.29 is 9.47 Å². The minimum atomic E-state index is 0.540. The first-order chi connectivity index (χ1) is 15.0. The molecule has 2 aromatic rings. The summed E-state index contributed by atoms with van der Waals surface area (Å²) in [6.45, 7) is 12.9. The molecule has 0 bridgehead atoms. The van der Waals surface area contributed by atoms with E-state index in [9.17, 15) is 5.26 Å². The van der Waals surface area contributed by atoms with E-state index in [2.05, 4.69) is 50.5 Å². The molecule has 0 aliphatic carbocycles. The molecule has 1 aliphatic rings. The van der Waals surface area contributed by atoms with Crippen molar-refractivity contribution >= 4 is 29.6 Å². The van der Waals surface area contributed by atoms with E-state index in [-0.39, 0.29) is 0 Å². The molecule has 0 atom stereocenters. The topological polar surface area (TPSA) is 47.2 Å². The van der Waals surface area contributed by atoms with Crippen LogP contribution in [0.15, 0.2) is 5.57 Å². The fraction of sp³-hybridized carbons (Fsp3) is 0.500. The molecule has 0 N–H and O–H groups in total. The van der Waals surface area contributed by atoms with Crippen LogP contribution in [0.1, 0.15) is 78.7 Å². The lowest BCUT2D eigenvalue weighted by atomic mass is 10.1. The summed E-state index contributed by atoms with van der Waals surface area (Å²) in [4.78, 5) is 1.99. The maximum absolute atomic E-state index is 9.17. The van der Waals surface area contributed by atoms with Gasteiger partial charge in [-0.3, -0.25) is 0 Å². The van der Waals surface area contributed by atoms with Crippen LogP contribution in [0.5, 0.6) is 11.5 Å². The van der Waals surface area contributed by atoms with E-state index in [1.54, 1.807) is 11.3 Å². The van der Waals surface area contributed by atoms with Gasteiger partial charge in [0.05, 0.1) is 15.8 Å². The molecule has 0 unspecified atom stereocenters. The third-order valence-electron chi connectivity index (χ3n) is 5.92. The second-order valence-electron chi connectivity index (χ2n) is 8.10. The van der Waals surface area contributed by atoms with E-state index < -0.39 is 0 Å². The molecule has 0 saturated heterocycles. The zero-order chi connectivity index (χ0) is 22.4. The molecule has 5 heteroatoms. The Balaban J connectivity index is 1.97. The molecular formula is C26H34N2O2S. The minimum Gasteiger partial charge on any atom is -0.485 e. The highest BCUT2D eigenvalue weighted by atomic mass is 32.1. The highest BCUT2D eigenvalue weighted by Crippen LogP contribution is 2.46. The van der Waals surface area contributed by atoms with Crippen molar-refractivity contribution in [1.82, 2.24) is 4.57 Å². The van der Waals surface area contributed by atoms with E-state index in [1.165, 1.54) is 48.2 Å².